The second kappa shape index (κ2) is 3.07. The third kappa shape index (κ3) is 1.23. The van der Waals surface area contributed by atoms with Gasteiger partial charge in [-0.05, 0) is 6.42 Å². The molecule has 2 unspecified atom stereocenters. The molecule has 2 atom stereocenters. The smallest absolute Gasteiger partial charge is 0.0606 e. The fraction of sp³-hybridized carbons (Fsp3) is 0.778. The maximum Gasteiger partial charge on any atom is 0.0606 e. The van der Waals surface area contributed by atoms with Crippen LogP contribution in [0.25, 0.3) is 0 Å². The lowest BCUT2D eigenvalue weighted by Gasteiger charge is -2.37. The van der Waals surface area contributed by atoms with Crippen LogP contribution in [0.3, 0.4) is 0 Å². The van der Waals surface area contributed by atoms with Crippen LogP contribution in [-0.4, -0.2) is 53.7 Å². The van der Waals surface area contributed by atoms with E-state index in [1.165, 1.54) is 25.2 Å². The van der Waals surface area contributed by atoms with Gasteiger partial charge in [-0.3, -0.25) is 4.90 Å². The lowest BCUT2D eigenvalue weighted by atomic mass is 10.2. The second-order valence-corrected chi connectivity index (χ2v) is 3.66. The van der Waals surface area contributed by atoms with Gasteiger partial charge >= 0.3 is 0 Å². The summed E-state index contributed by atoms with van der Waals surface area (Å²) in [6, 6.07) is 0.624. The zero-order valence-electron chi connectivity index (χ0n) is 7.37. The first-order valence-corrected chi connectivity index (χ1v) is 4.59. The molecule has 3 heteroatoms. The SMILES string of the molecule is C=C1CN2CCC(C2)N1CCO. The molecule has 68 valence electrons. The van der Waals surface area contributed by atoms with E-state index in [9.17, 15) is 0 Å². The number of piperazine rings is 1. The molecule has 0 aromatic rings. The third-order valence-corrected chi connectivity index (χ3v) is 2.84. The highest BCUT2D eigenvalue weighted by Gasteiger charge is 2.33. The van der Waals surface area contributed by atoms with Gasteiger partial charge in [-0.15, -0.1) is 0 Å². The molecular weight excluding hydrogens is 152 g/mol. The summed E-state index contributed by atoms with van der Waals surface area (Å²) in [7, 11) is 0. The summed E-state index contributed by atoms with van der Waals surface area (Å²) >= 11 is 0. The first-order chi connectivity index (χ1) is 5.81. The van der Waals surface area contributed by atoms with Crippen molar-refractivity contribution in [1.82, 2.24) is 9.80 Å². The summed E-state index contributed by atoms with van der Waals surface area (Å²) in [5.74, 6) is 0. The maximum atomic E-state index is 8.87. The highest BCUT2D eigenvalue weighted by Crippen LogP contribution is 2.25. The highest BCUT2D eigenvalue weighted by atomic mass is 16.3. The molecule has 2 aliphatic heterocycles. The van der Waals surface area contributed by atoms with Crippen LogP contribution >= 0.6 is 0 Å². The Bertz CT molecular complexity index is 193. The van der Waals surface area contributed by atoms with Gasteiger partial charge in [-0.25, -0.2) is 0 Å². The van der Waals surface area contributed by atoms with Crippen molar-refractivity contribution in [2.24, 2.45) is 0 Å². The molecular formula is C9H16N2O. The summed E-state index contributed by atoms with van der Waals surface area (Å²) in [6.45, 7) is 8.40. The number of hydrogen-bond acceptors (Lipinski definition) is 3. The Kier molecular flexibility index (Phi) is 2.07. The Labute approximate surface area is 73.3 Å². The molecule has 0 aromatic heterocycles. The average molecular weight is 168 g/mol. The minimum Gasteiger partial charge on any atom is -0.395 e. The van der Waals surface area contributed by atoms with Gasteiger partial charge in [0.05, 0.1) is 6.61 Å². The lowest BCUT2D eigenvalue weighted by molar-refractivity contribution is 0.151. The number of fused-ring (bicyclic) bond motifs is 2. The first-order valence-electron chi connectivity index (χ1n) is 4.59. The predicted octanol–water partition coefficient (Wildman–Crippen LogP) is -0.118. The van der Waals surface area contributed by atoms with Crippen molar-refractivity contribution in [2.75, 3.05) is 32.8 Å². The van der Waals surface area contributed by atoms with E-state index in [1.54, 1.807) is 0 Å². The predicted molar refractivity (Wildman–Crippen MR) is 47.8 cm³/mol. The Morgan fingerprint density at radius 2 is 2.42 bits per heavy atom. The summed E-state index contributed by atoms with van der Waals surface area (Å²) < 4.78 is 0. The number of β-amino-alcohol motifs (C(OH)–C–C–N with tert-alkyl or cyclic N) is 1. The van der Waals surface area contributed by atoms with Crippen molar-refractivity contribution < 1.29 is 5.11 Å². The molecule has 0 aliphatic carbocycles. The molecule has 0 amide bonds. The minimum absolute atomic E-state index is 0.246. The van der Waals surface area contributed by atoms with Gasteiger partial charge in [0.1, 0.15) is 0 Å². The third-order valence-electron chi connectivity index (χ3n) is 2.84. The lowest BCUT2D eigenvalue weighted by Crippen LogP contribution is -2.45. The summed E-state index contributed by atoms with van der Waals surface area (Å²) in [5, 5.41) is 8.87. The van der Waals surface area contributed by atoms with Crippen LogP contribution in [0.5, 0.6) is 0 Å². The first kappa shape index (κ1) is 8.08. The van der Waals surface area contributed by atoms with Crippen LogP contribution in [0.1, 0.15) is 6.42 Å². The van der Waals surface area contributed by atoms with Crippen molar-refractivity contribution in [1.29, 1.82) is 0 Å². The zero-order valence-corrected chi connectivity index (χ0v) is 7.37. The van der Waals surface area contributed by atoms with Crippen molar-refractivity contribution in [2.45, 2.75) is 12.5 Å². The Morgan fingerprint density at radius 3 is 3.17 bits per heavy atom. The fourth-order valence-electron chi connectivity index (χ4n) is 2.27. The second-order valence-electron chi connectivity index (χ2n) is 3.66. The quantitative estimate of drug-likeness (QED) is 0.623. The molecule has 0 radical (unpaired) electrons. The molecule has 2 saturated heterocycles. The maximum absolute atomic E-state index is 8.87. The summed E-state index contributed by atoms with van der Waals surface area (Å²) in [6.07, 6.45) is 1.24. The fourth-order valence-corrected chi connectivity index (χ4v) is 2.27. The van der Waals surface area contributed by atoms with Crippen LogP contribution in [0, 0.1) is 0 Å². The molecule has 0 aromatic carbocycles. The van der Waals surface area contributed by atoms with Crippen molar-refractivity contribution >= 4 is 0 Å². The van der Waals surface area contributed by atoms with Crippen LogP contribution in [0.2, 0.25) is 0 Å². The van der Waals surface area contributed by atoms with Crippen molar-refractivity contribution in [3.05, 3.63) is 12.3 Å². The van der Waals surface area contributed by atoms with E-state index >= 15 is 0 Å². The van der Waals surface area contributed by atoms with E-state index < -0.39 is 0 Å². The Morgan fingerprint density at radius 1 is 1.58 bits per heavy atom. The van der Waals surface area contributed by atoms with E-state index in [1.807, 2.05) is 0 Å². The monoisotopic (exact) mass is 168 g/mol. The van der Waals surface area contributed by atoms with E-state index in [4.69, 9.17) is 5.11 Å². The Hall–Kier alpha value is -0.540. The summed E-state index contributed by atoms with van der Waals surface area (Å²) in [5.41, 5.74) is 1.18. The number of aliphatic hydroxyl groups is 1. The molecule has 3 nitrogen and oxygen atoms in total. The largest absolute Gasteiger partial charge is 0.395 e. The minimum atomic E-state index is 0.246. The van der Waals surface area contributed by atoms with Gasteiger partial charge in [0.15, 0.2) is 0 Å². The van der Waals surface area contributed by atoms with Crippen molar-refractivity contribution in [3.63, 3.8) is 0 Å². The van der Waals surface area contributed by atoms with Crippen LogP contribution in [-0.2, 0) is 0 Å². The molecule has 1 N–H and O–H groups in total. The number of nitrogens with zero attached hydrogens (tertiary/aromatic N) is 2. The van der Waals surface area contributed by atoms with Crippen molar-refractivity contribution in [3.8, 4) is 0 Å². The van der Waals surface area contributed by atoms with Crippen LogP contribution < -0.4 is 0 Å². The van der Waals surface area contributed by atoms with E-state index in [0.29, 0.717) is 6.04 Å². The Balaban J connectivity index is 2.05. The van der Waals surface area contributed by atoms with Gasteiger partial charge in [-0.1, -0.05) is 6.58 Å². The number of rotatable bonds is 2. The van der Waals surface area contributed by atoms with Gasteiger partial charge in [0.25, 0.3) is 0 Å². The molecule has 2 aliphatic rings. The van der Waals surface area contributed by atoms with E-state index in [2.05, 4.69) is 16.4 Å². The van der Waals surface area contributed by atoms with Crippen LogP contribution in [0.15, 0.2) is 12.3 Å². The van der Waals surface area contributed by atoms with Gasteiger partial charge < -0.3 is 10.0 Å². The molecule has 12 heavy (non-hydrogen) atoms. The molecule has 2 heterocycles. The normalized spacial score (nSPS) is 34.4. The number of hydrogen-bond donors (Lipinski definition) is 1. The average Bonchev–Trinajstić information content (AvgIpc) is 2.43. The van der Waals surface area contributed by atoms with Gasteiger partial charge in [-0.2, -0.15) is 0 Å². The highest BCUT2D eigenvalue weighted by molar-refractivity contribution is 5.07. The number of aliphatic hydroxyl groups excluding tert-OH is 1. The van der Waals surface area contributed by atoms with E-state index in [-0.39, 0.29) is 6.61 Å². The van der Waals surface area contributed by atoms with E-state index in [0.717, 1.165) is 13.1 Å². The topological polar surface area (TPSA) is 26.7 Å². The zero-order chi connectivity index (χ0) is 8.55. The molecule has 2 fully saturated rings. The van der Waals surface area contributed by atoms with Gasteiger partial charge in [0.2, 0.25) is 0 Å². The molecule has 2 rings (SSSR count). The van der Waals surface area contributed by atoms with Gasteiger partial charge in [0, 0.05) is 37.9 Å². The van der Waals surface area contributed by atoms with Crippen LogP contribution in [0.4, 0.5) is 0 Å². The molecule has 0 saturated carbocycles. The summed E-state index contributed by atoms with van der Waals surface area (Å²) in [4.78, 5) is 4.70. The molecule has 2 bridgehead atoms. The standard InChI is InChI=1S/C9H16N2O/c1-8-6-10-3-2-9(7-10)11(8)4-5-12/h9,12H,1-7H2. The molecule has 0 spiro atoms.